The lowest BCUT2D eigenvalue weighted by atomic mass is 10.2. The number of hydrogen-bond donors (Lipinski definition) is 1. The molecular weight excluding hydrogens is 326 g/mol. The number of nitrogens with zero attached hydrogens (tertiary/aromatic N) is 3. The van der Waals surface area contributed by atoms with Crippen molar-refractivity contribution in [2.24, 2.45) is 0 Å². The summed E-state index contributed by atoms with van der Waals surface area (Å²) in [5.41, 5.74) is 2.37. The Kier molecular flexibility index (Phi) is 4.11. The molecule has 1 aromatic heterocycles. The first-order chi connectivity index (χ1) is 12.8. The van der Waals surface area contributed by atoms with Crippen LogP contribution in [0.1, 0.15) is 0 Å². The fraction of sp³-hybridized carbons (Fsp3) is 0.0476. The molecule has 3 aromatic carbocycles. The highest BCUT2D eigenvalue weighted by Crippen LogP contribution is 2.31. The Morgan fingerprint density at radius 3 is 2.23 bits per heavy atom. The first-order valence-corrected chi connectivity index (χ1v) is 8.21. The Balaban J connectivity index is 1.89. The van der Waals surface area contributed by atoms with E-state index in [-0.39, 0.29) is 5.75 Å². The highest BCUT2D eigenvalue weighted by Gasteiger charge is 2.17. The van der Waals surface area contributed by atoms with Crippen molar-refractivity contribution in [1.82, 2.24) is 14.8 Å². The summed E-state index contributed by atoms with van der Waals surface area (Å²) in [6.07, 6.45) is 0. The van der Waals surface area contributed by atoms with E-state index in [9.17, 15) is 5.11 Å². The highest BCUT2D eigenvalue weighted by molar-refractivity contribution is 5.68. The number of aromatic nitrogens is 3. The normalized spacial score (nSPS) is 10.7. The van der Waals surface area contributed by atoms with Gasteiger partial charge in [-0.05, 0) is 48.5 Å². The molecule has 128 valence electrons. The van der Waals surface area contributed by atoms with Gasteiger partial charge in [0.25, 0.3) is 0 Å². The fourth-order valence-corrected chi connectivity index (χ4v) is 2.76. The van der Waals surface area contributed by atoms with Gasteiger partial charge in [0.05, 0.1) is 18.4 Å². The maximum atomic E-state index is 10.3. The fourth-order valence-electron chi connectivity index (χ4n) is 2.76. The Bertz CT molecular complexity index is 1020. The molecule has 0 fully saturated rings. The Labute approximate surface area is 151 Å². The largest absolute Gasteiger partial charge is 0.507 e. The number of ether oxygens (including phenoxy) is 1. The van der Waals surface area contributed by atoms with Crippen LogP contribution in [0.25, 0.3) is 28.5 Å². The van der Waals surface area contributed by atoms with Crippen LogP contribution in [0.5, 0.6) is 11.5 Å². The highest BCUT2D eigenvalue weighted by atomic mass is 16.5. The topological polar surface area (TPSA) is 60.2 Å². The van der Waals surface area contributed by atoms with E-state index in [0.29, 0.717) is 17.2 Å². The van der Waals surface area contributed by atoms with Crippen LogP contribution in [0, 0.1) is 0 Å². The molecule has 5 heteroatoms. The number of phenols is 1. The van der Waals surface area contributed by atoms with E-state index in [0.717, 1.165) is 17.0 Å². The van der Waals surface area contributed by atoms with Gasteiger partial charge in [0, 0.05) is 5.56 Å². The summed E-state index contributed by atoms with van der Waals surface area (Å²) < 4.78 is 6.95. The molecule has 0 saturated heterocycles. The number of aromatic hydroxyl groups is 1. The third-order valence-electron chi connectivity index (χ3n) is 4.10. The van der Waals surface area contributed by atoms with Gasteiger partial charge in [0.1, 0.15) is 11.5 Å². The minimum Gasteiger partial charge on any atom is -0.507 e. The molecule has 0 unspecified atom stereocenters. The summed E-state index contributed by atoms with van der Waals surface area (Å²) in [4.78, 5) is 4.69. The second kappa shape index (κ2) is 6.72. The number of methoxy groups -OCH3 is 1. The van der Waals surface area contributed by atoms with E-state index >= 15 is 0 Å². The zero-order chi connectivity index (χ0) is 17.9. The molecule has 1 N–H and O–H groups in total. The van der Waals surface area contributed by atoms with Crippen LogP contribution >= 0.6 is 0 Å². The number of benzene rings is 3. The molecule has 0 aliphatic heterocycles. The predicted octanol–water partition coefficient (Wildman–Crippen LogP) is 4.32. The maximum absolute atomic E-state index is 10.3. The molecule has 0 aliphatic rings. The molecule has 0 spiro atoms. The van der Waals surface area contributed by atoms with E-state index in [1.807, 2.05) is 66.7 Å². The maximum Gasteiger partial charge on any atom is 0.182 e. The number of hydrogen-bond acceptors (Lipinski definition) is 4. The standard InChI is InChI=1S/C21H17N3O2/c1-26-17-13-11-15(12-14-17)20-22-21(18-9-5-6-10-19(18)25)24(23-20)16-7-3-2-4-8-16/h2-14,25H,1H3. The zero-order valence-corrected chi connectivity index (χ0v) is 14.2. The van der Waals surface area contributed by atoms with Crippen LogP contribution in [-0.4, -0.2) is 27.0 Å². The van der Waals surface area contributed by atoms with Crippen molar-refractivity contribution >= 4 is 0 Å². The lowest BCUT2D eigenvalue weighted by Gasteiger charge is -2.06. The third-order valence-corrected chi connectivity index (χ3v) is 4.10. The summed E-state index contributed by atoms with van der Waals surface area (Å²) in [5, 5.41) is 15.0. The summed E-state index contributed by atoms with van der Waals surface area (Å²) in [7, 11) is 1.63. The van der Waals surface area contributed by atoms with E-state index in [2.05, 4.69) is 5.10 Å². The minimum absolute atomic E-state index is 0.165. The van der Waals surface area contributed by atoms with Crippen LogP contribution in [-0.2, 0) is 0 Å². The summed E-state index contributed by atoms with van der Waals surface area (Å²) in [6.45, 7) is 0. The summed E-state index contributed by atoms with van der Waals surface area (Å²) >= 11 is 0. The second-order valence-electron chi connectivity index (χ2n) is 5.75. The van der Waals surface area contributed by atoms with E-state index in [1.165, 1.54) is 0 Å². The molecule has 26 heavy (non-hydrogen) atoms. The number of rotatable bonds is 4. The van der Waals surface area contributed by atoms with E-state index < -0.39 is 0 Å². The van der Waals surface area contributed by atoms with Gasteiger partial charge in [-0.25, -0.2) is 9.67 Å². The zero-order valence-electron chi connectivity index (χ0n) is 14.2. The minimum atomic E-state index is 0.165. The molecule has 4 rings (SSSR count). The lowest BCUT2D eigenvalue weighted by molar-refractivity contribution is 0.415. The smallest absolute Gasteiger partial charge is 0.182 e. The SMILES string of the molecule is COc1ccc(-c2nc(-c3ccccc3O)n(-c3ccccc3)n2)cc1. The molecular formula is C21H17N3O2. The molecule has 0 atom stereocenters. The Morgan fingerprint density at radius 1 is 0.846 bits per heavy atom. The molecule has 5 nitrogen and oxygen atoms in total. The molecule has 0 saturated carbocycles. The molecule has 0 amide bonds. The number of phenolic OH excluding ortho intramolecular Hbond substituents is 1. The van der Waals surface area contributed by atoms with Crippen LogP contribution in [0.15, 0.2) is 78.9 Å². The van der Waals surface area contributed by atoms with Gasteiger partial charge < -0.3 is 9.84 Å². The monoisotopic (exact) mass is 343 g/mol. The molecule has 0 bridgehead atoms. The van der Waals surface area contributed by atoms with Gasteiger partial charge in [-0.3, -0.25) is 0 Å². The third kappa shape index (κ3) is 2.91. The van der Waals surface area contributed by atoms with E-state index in [4.69, 9.17) is 9.72 Å². The summed E-state index contributed by atoms with van der Waals surface area (Å²) in [6, 6.07) is 24.4. The van der Waals surface area contributed by atoms with Crippen molar-refractivity contribution < 1.29 is 9.84 Å². The average molecular weight is 343 g/mol. The van der Waals surface area contributed by atoms with Gasteiger partial charge in [-0.1, -0.05) is 30.3 Å². The summed E-state index contributed by atoms with van der Waals surface area (Å²) in [5.74, 6) is 2.10. The van der Waals surface area contributed by atoms with E-state index in [1.54, 1.807) is 23.9 Å². The van der Waals surface area contributed by atoms with Crippen molar-refractivity contribution in [2.45, 2.75) is 0 Å². The predicted molar refractivity (Wildman–Crippen MR) is 100 cm³/mol. The lowest BCUT2D eigenvalue weighted by Crippen LogP contribution is -1.99. The van der Waals surface area contributed by atoms with Crippen LogP contribution in [0.3, 0.4) is 0 Å². The van der Waals surface area contributed by atoms with Crippen molar-refractivity contribution in [3.05, 3.63) is 78.9 Å². The van der Waals surface area contributed by atoms with Crippen LogP contribution in [0.4, 0.5) is 0 Å². The van der Waals surface area contributed by atoms with Gasteiger partial charge in [0.15, 0.2) is 11.6 Å². The molecule has 4 aromatic rings. The van der Waals surface area contributed by atoms with Gasteiger partial charge in [-0.2, -0.15) is 0 Å². The quantitative estimate of drug-likeness (QED) is 0.600. The van der Waals surface area contributed by atoms with Crippen molar-refractivity contribution in [2.75, 3.05) is 7.11 Å². The Hall–Kier alpha value is -3.60. The van der Waals surface area contributed by atoms with Crippen molar-refractivity contribution in [1.29, 1.82) is 0 Å². The Morgan fingerprint density at radius 2 is 1.54 bits per heavy atom. The molecule has 0 radical (unpaired) electrons. The molecule has 0 aliphatic carbocycles. The average Bonchev–Trinajstić information content (AvgIpc) is 3.14. The van der Waals surface area contributed by atoms with Gasteiger partial charge in [-0.15, -0.1) is 5.10 Å². The van der Waals surface area contributed by atoms with Crippen molar-refractivity contribution in [3.8, 4) is 40.0 Å². The molecule has 1 heterocycles. The van der Waals surface area contributed by atoms with Crippen LogP contribution in [0.2, 0.25) is 0 Å². The van der Waals surface area contributed by atoms with Gasteiger partial charge >= 0.3 is 0 Å². The number of para-hydroxylation sites is 2. The van der Waals surface area contributed by atoms with Crippen molar-refractivity contribution in [3.63, 3.8) is 0 Å². The first kappa shape index (κ1) is 15.9. The second-order valence-corrected chi connectivity index (χ2v) is 5.75. The van der Waals surface area contributed by atoms with Gasteiger partial charge in [0.2, 0.25) is 0 Å². The first-order valence-electron chi connectivity index (χ1n) is 8.21. The van der Waals surface area contributed by atoms with Crippen LogP contribution < -0.4 is 4.74 Å².